The lowest BCUT2D eigenvalue weighted by molar-refractivity contribution is 0.567. The number of nitrogens with two attached hydrogens (primary N) is 1. The van der Waals surface area contributed by atoms with Crippen molar-refractivity contribution >= 4 is 15.9 Å². The normalized spacial score (nSPS) is 25.9. The van der Waals surface area contributed by atoms with Gasteiger partial charge in [0.25, 0.3) is 0 Å². The number of aryl methyl sites for hydroxylation is 1. The van der Waals surface area contributed by atoms with Gasteiger partial charge in [0.2, 0.25) is 0 Å². The van der Waals surface area contributed by atoms with Gasteiger partial charge in [-0.25, -0.2) is 0 Å². The second-order valence-electron chi connectivity index (χ2n) is 3.97. The van der Waals surface area contributed by atoms with Crippen LogP contribution in [0.1, 0.15) is 47.3 Å². The van der Waals surface area contributed by atoms with Crippen LogP contribution in [0, 0.1) is 0 Å². The van der Waals surface area contributed by atoms with E-state index in [1.54, 1.807) is 0 Å². The highest BCUT2D eigenvalue weighted by molar-refractivity contribution is 9.09. The molecule has 0 spiro atoms. The van der Waals surface area contributed by atoms with Crippen LogP contribution in [0.3, 0.4) is 0 Å². The Morgan fingerprint density at radius 1 is 1.36 bits per heavy atom. The van der Waals surface area contributed by atoms with E-state index in [1.807, 2.05) is 0 Å². The van der Waals surface area contributed by atoms with Gasteiger partial charge in [-0.1, -0.05) is 41.1 Å². The Morgan fingerprint density at radius 3 is 2.86 bits per heavy atom. The summed E-state index contributed by atoms with van der Waals surface area (Å²) < 4.78 is 0. The van der Waals surface area contributed by atoms with Crippen LogP contribution in [0.4, 0.5) is 0 Å². The number of benzene rings is 1. The van der Waals surface area contributed by atoms with E-state index in [0.717, 1.165) is 19.3 Å². The first-order valence-electron chi connectivity index (χ1n) is 5.24. The zero-order valence-electron chi connectivity index (χ0n) is 8.46. The molecule has 2 rings (SSSR count). The molecule has 0 saturated heterocycles. The molecule has 0 bridgehead atoms. The molecule has 0 radical (unpaired) electrons. The molecule has 0 fully saturated rings. The van der Waals surface area contributed by atoms with E-state index in [9.17, 15) is 0 Å². The van der Waals surface area contributed by atoms with Gasteiger partial charge in [0.15, 0.2) is 0 Å². The van der Waals surface area contributed by atoms with E-state index in [-0.39, 0.29) is 6.04 Å². The third-order valence-electron chi connectivity index (χ3n) is 3.03. The molecule has 1 nitrogen and oxygen atoms in total. The first-order chi connectivity index (χ1) is 6.72. The molecule has 0 unspecified atom stereocenters. The average Bonchev–Trinajstić information content (AvgIpc) is 2.23. The smallest absolute Gasteiger partial charge is 0.0399 e. The van der Waals surface area contributed by atoms with Crippen molar-refractivity contribution in [2.24, 2.45) is 5.73 Å². The maximum Gasteiger partial charge on any atom is 0.0399 e. The number of alkyl halides is 1. The van der Waals surface area contributed by atoms with Crippen LogP contribution in [-0.2, 0) is 6.42 Å². The molecule has 0 saturated carbocycles. The van der Waals surface area contributed by atoms with Gasteiger partial charge >= 0.3 is 0 Å². The largest absolute Gasteiger partial charge is 0.324 e. The number of fused-ring (bicyclic) bond motifs is 1. The van der Waals surface area contributed by atoms with E-state index in [2.05, 4.69) is 41.1 Å². The zero-order chi connectivity index (χ0) is 10.1. The minimum atomic E-state index is 0.240. The molecule has 2 atom stereocenters. The summed E-state index contributed by atoms with van der Waals surface area (Å²) in [6.07, 6.45) is 3.35. The van der Waals surface area contributed by atoms with Crippen molar-refractivity contribution in [3.63, 3.8) is 0 Å². The minimum absolute atomic E-state index is 0.240. The lowest BCUT2D eigenvalue weighted by Gasteiger charge is -2.26. The van der Waals surface area contributed by atoms with Crippen LogP contribution >= 0.6 is 15.9 Å². The molecule has 1 aromatic rings. The van der Waals surface area contributed by atoms with Gasteiger partial charge in [0.1, 0.15) is 0 Å². The number of hydrogen-bond acceptors (Lipinski definition) is 1. The average molecular weight is 254 g/mol. The molecule has 0 aliphatic heterocycles. The third-order valence-corrected chi connectivity index (χ3v) is 3.98. The molecular weight excluding hydrogens is 238 g/mol. The molecule has 1 aliphatic carbocycles. The van der Waals surface area contributed by atoms with Crippen LogP contribution in [0.15, 0.2) is 18.2 Å². The van der Waals surface area contributed by atoms with E-state index >= 15 is 0 Å². The molecular formula is C12H16BrN. The van der Waals surface area contributed by atoms with Crippen LogP contribution in [0.25, 0.3) is 0 Å². The van der Waals surface area contributed by atoms with Gasteiger partial charge in [-0.05, 0) is 36.0 Å². The fourth-order valence-electron chi connectivity index (χ4n) is 2.09. The summed E-state index contributed by atoms with van der Waals surface area (Å²) in [6, 6.07) is 6.94. The van der Waals surface area contributed by atoms with E-state index < -0.39 is 0 Å². The van der Waals surface area contributed by atoms with Gasteiger partial charge in [-0.3, -0.25) is 0 Å². The topological polar surface area (TPSA) is 26.0 Å². The molecule has 0 aromatic heterocycles. The Labute approximate surface area is 93.8 Å². The van der Waals surface area contributed by atoms with Crippen molar-refractivity contribution in [1.29, 1.82) is 0 Å². The molecule has 0 amide bonds. The van der Waals surface area contributed by atoms with Crippen LogP contribution < -0.4 is 5.73 Å². The summed E-state index contributed by atoms with van der Waals surface area (Å²) in [5.41, 5.74) is 10.2. The van der Waals surface area contributed by atoms with Crippen LogP contribution in [0.5, 0.6) is 0 Å². The molecule has 0 heterocycles. The van der Waals surface area contributed by atoms with E-state index in [1.165, 1.54) is 16.7 Å². The summed E-state index contributed by atoms with van der Waals surface area (Å²) >= 11 is 3.72. The molecule has 1 aliphatic rings. The molecule has 2 N–H and O–H groups in total. The van der Waals surface area contributed by atoms with Crippen molar-refractivity contribution in [1.82, 2.24) is 0 Å². The first kappa shape index (κ1) is 10.2. The number of rotatable bonds is 1. The van der Waals surface area contributed by atoms with Gasteiger partial charge < -0.3 is 5.73 Å². The highest BCUT2D eigenvalue weighted by atomic mass is 79.9. The van der Waals surface area contributed by atoms with Crippen molar-refractivity contribution in [3.05, 3.63) is 34.9 Å². The summed E-state index contributed by atoms with van der Waals surface area (Å²) in [4.78, 5) is 0.504. The van der Waals surface area contributed by atoms with Crippen molar-refractivity contribution in [3.8, 4) is 0 Å². The molecule has 1 aromatic carbocycles. The van der Waals surface area contributed by atoms with Crippen molar-refractivity contribution in [2.45, 2.75) is 37.1 Å². The maximum atomic E-state index is 6.08. The fraction of sp³-hybridized carbons (Fsp3) is 0.500. The molecule has 2 heteroatoms. The second kappa shape index (κ2) is 4.03. The molecule has 14 heavy (non-hydrogen) atoms. The van der Waals surface area contributed by atoms with Gasteiger partial charge in [-0.2, -0.15) is 0 Å². The van der Waals surface area contributed by atoms with Crippen LogP contribution in [0.2, 0.25) is 0 Å². The van der Waals surface area contributed by atoms with Gasteiger partial charge in [0, 0.05) is 10.9 Å². The van der Waals surface area contributed by atoms with Crippen molar-refractivity contribution in [2.75, 3.05) is 0 Å². The maximum absolute atomic E-state index is 6.08. The van der Waals surface area contributed by atoms with Gasteiger partial charge in [0.05, 0.1) is 0 Å². The minimum Gasteiger partial charge on any atom is -0.324 e. The summed E-state index contributed by atoms with van der Waals surface area (Å²) in [5.74, 6) is 0. The van der Waals surface area contributed by atoms with E-state index in [0.29, 0.717) is 4.83 Å². The number of hydrogen-bond donors (Lipinski definition) is 1. The Morgan fingerprint density at radius 2 is 2.14 bits per heavy atom. The Hall–Kier alpha value is -0.340. The highest BCUT2D eigenvalue weighted by Gasteiger charge is 2.22. The lowest BCUT2D eigenvalue weighted by Crippen LogP contribution is -2.18. The first-order valence-corrected chi connectivity index (χ1v) is 6.16. The summed E-state index contributed by atoms with van der Waals surface area (Å²) in [6.45, 7) is 2.19. The lowest BCUT2D eigenvalue weighted by atomic mass is 9.87. The quantitative estimate of drug-likeness (QED) is 0.763. The summed E-state index contributed by atoms with van der Waals surface area (Å²) in [7, 11) is 0. The SMILES string of the molecule is CCc1ccc2c(c1)[C@@H](Br)CC[C@@H]2N. The van der Waals surface area contributed by atoms with Crippen molar-refractivity contribution < 1.29 is 0 Å². The summed E-state index contributed by atoms with van der Waals surface area (Å²) in [5, 5.41) is 0. The monoisotopic (exact) mass is 253 g/mol. The van der Waals surface area contributed by atoms with E-state index in [4.69, 9.17) is 5.73 Å². The van der Waals surface area contributed by atoms with Gasteiger partial charge in [-0.15, -0.1) is 0 Å². The second-order valence-corrected chi connectivity index (χ2v) is 5.07. The Balaban J connectivity index is 2.45. The Kier molecular flexibility index (Phi) is 2.93. The molecule has 76 valence electrons. The predicted molar refractivity (Wildman–Crippen MR) is 63.7 cm³/mol. The fourth-order valence-corrected chi connectivity index (χ4v) is 2.75. The standard InChI is InChI=1S/C12H16BrN/c1-2-8-3-4-9-10(7-8)11(13)5-6-12(9)14/h3-4,7,11-12H,2,5-6,14H2,1H3/t11-,12-/m0/s1. The predicted octanol–water partition coefficient (Wildman–Crippen LogP) is 3.48. The number of halogens is 1. The highest BCUT2D eigenvalue weighted by Crippen LogP contribution is 2.40. The van der Waals surface area contributed by atoms with Crippen LogP contribution in [-0.4, -0.2) is 0 Å². The zero-order valence-corrected chi connectivity index (χ0v) is 10.0. The Bertz CT molecular complexity index is 335. The third kappa shape index (κ3) is 1.73.